The number of sulfonamides is 1. The van der Waals surface area contributed by atoms with Gasteiger partial charge >= 0.3 is 0 Å². The fourth-order valence-corrected chi connectivity index (χ4v) is 2.90. The van der Waals surface area contributed by atoms with E-state index in [2.05, 4.69) is 5.32 Å². The SMILES string of the molecule is CCN(CC(=O)NC)S(=O)(=O)CCOc1ccccc1N. The third-order valence-electron chi connectivity index (χ3n) is 2.86. The van der Waals surface area contributed by atoms with Gasteiger partial charge in [-0.05, 0) is 12.1 Å². The molecule has 0 aromatic heterocycles. The topological polar surface area (TPSA) is 102 Å². The number of carbonyl (C=O) groups excluding carboxylic acids is 1. The number of ether oxygens (including phenoxy) is 1. The van der Waals surface area contributed by atoms with Crippen molar-refractivity contribution < 1.29 is 17.9 Å². The first-order valence-corrected chi connectivity index (χ1v) is 8.17. The van der Waals surface area contributed by atoms with Crippen LogP contribution >= 0.6 is 0 Å². The molecule has 21 heavy (non-hydrogen) atoms. The molecule has 0 saturated heterocycles. The number of benzene rings is 1. The number of nitrogens with two attached hydrogens (primary N) is 1. The molecule has 0 unspecified atom stereocenters. The van der Waals surface area contributed by atoms with Crippen LogP contribution in [0.3, 0.4) is 0 Å². The smallest absolute Gasteiger partial charge is 0.235 e. The standard InChI is InChI=1S/C13H21N3O4S/c1-3-16(10-13(17)15-2)21(18,19)9-8-20-12-7-5-4-6-11(12)14/h4-7H,3,8-10,14H2,1-2H3,(H,15,17). The molecule has 1 aromatic carbocycles. The average Bonchev–Trinajstić information content (AvgIpc) is 2.46. The van der Waals surface area contributed by atoms with Crippen molar-refractivity contribution in [2.75, 3.05) is 38.2 Å². The Morgan fingerprint density at radius 3 is 2.62 bits per heavy atom. The lowest BCUT2D eigenvalue weighted by atomic mass is 10.3. The van der Waals surface area contributed by atoms with Crippen LogP contribution < -0.4 is 15.8 Å². The first kappa shape index (κ1) is 17.3. The van der Waals surface area contributed by atoms with Crippen LogP contribution in [0.1, 0.15) is 6.92 Å². The summed E-state index contributed by atoms with van der Waals surface area (Å²) < 4.78 is 30.7. The largest absolute Gasteiger partial charge is 0.490 e. The van der Waals surface area contributed by atoms with Gasteiger partial charge in [0.1, 0.15) is 12.4 Å². The minimum atomic E-state index is -3.55. The number of carbonyl (C=O) groups is 1. The fraction of sp³-hybridized carbons (Fsp3) is 0.462. The van der Waals surface area contributed by atoms with Gasteiger partial charge in [0.05, 0.1) is 18.0 Å². The molecule has 1 rings (SSSR count). The third kappa shape index (κ3) is 5.24. The molecule has 0 bridgehead atoms. The quantitative estimate of drug-likeness (QED) is 0.660. The number of hydrogen-bond donors (Lipinski definition) is 2. The van der Waals surface area contributed by atoms with Crippen molar-refractivity contribution in [1.82, 2.24) is 9.62 Å². The van der Waals surface area contributed by atoms with Crippen molar-refractivity contribution in [3.63, 3.8) is 0 Å². The number of nitrogens with zero attached hydrogens (tertiary/aromatic N) is 1. The fourth-order valence-electron chi connectivity index (χ4n) is 1.64. The number of anilines is 1. The van der Waals surface area contributed by atoms with Crippen LogP contribution in [0, 0.1) is 0 Å². The van der Waals surface area contributed by atoms with Gasteiger partial charge in [-0.25, -0.2) is 8.42 Å². The van der Waals surface area contributed by atoms with Gasteiger partial charge in [0.2, 0.25) is 15.9 Å². The summed E-state index contributed by atoms with van der Waals surface area (Å²) in [6.07, 6.45) is 0. The van der Waals surface area contributed by atoms with Crippen LogP contribution in [-0.2, 0) is 14.8 Å². The van der Waals surface area contributed by atoms with Gasteiger partial charge in [0.25, 0.3) is 0 Å². The molecular weight excluding hydrogens is 294 g/mol. The van der Waals surface area contributed by atoms with Crippen molar-refractivity contribution in [2.45, 2.75) is 6.92 Å². The van der Waals surface area contributed by atoms with Gasteiger partial charge in [-0.15, -0.1) is 0 Å². The average molecular weight is 315 g/mol. The van der Waals surface area contributed by atoms with E-state index in [1.165, 1.54) is 7.05 Å². The number of amides is 1. The Kier molecular flexibility index (Phi) is 6.44. The molecule has 0 aliphatic rings. The first-order chi connectivity index (χ1) is 9.90. The lowest BCUT2D eigenvalue weighted by molar-refractivity contribution is -0.120. The van der Waals surface area contributed by atoms with E-state index in [1.807, 2.05) is 0 Å². The number of para-hydroxylation sites is 2. The maximum absolute atomic E-state index is 12.1. The number of hydrogen-bond acceptors (Lipinski definition) is 5. The summed E-state index contributed by atoms with van der Waals surface area (Å²) >= 11 is 0. The van der Waals surface area contributed by atoms with E-state index in [1.54, 1.807) is 31.2 Å². The van der Waals surface area contributed by atoms with Gasteiger partial charge in [-0.1, -0.05) is 19.1 Å². The Labute approximate surface area is 125 Å². The highest BCUT2D eigenvalue weighted by atomic mass is 32.2. The van der Waals surface area contributed by atoms with Gasteiger partial charge in [0, 0.05) is 13.6 Å². The summed E-state index contributed by atoms with van der Waals surface area (Å²) in [5, 5.41) is 2.40. The highest BCUT2D eigenvalue weighted by Gasteiger charge is 2.22. The van der Waals surface area contributed by atoms with Crippen LogP contribution in [0.25, 0.3) is 0 Å². The first-order valence-electron chi connectivity index (χ1n) is 6.56. The predicted molar refractivity (Wildman–Crippen MR) is 81.4 cm³/mol. The van der Waals surface area contributed by atoms with E-state index in [-0.39, 0.29) is 31.4 Å². The summed E-state index contributed by atoms with van der Waals surface area (Å²) in [6, 6.07) is 6.86. The maximum Gasteiger partial charge on any atom is 0.235 e. The van der Waals surface area contributed by atoms with E-state index in [0.29, 0.717) is 11.4 Å². The number of nitrogens with one attached hydrogen (secondary N) is 1. The van der Waals surface area contributed by atoms with E-state index < -0.39 is 10.0 Å². The van der Waals surface area contributed by atoms with Gasteiger partial charge in [-0.3, -0.25) is 4.79 Å². The molecule has 0 fully saturated rings. The maximum atomic E-state index is 12.1. The normalized spacial score (nSPS) is 11.4. The van der Waals surface area contributed by atoms with Crippen molar-refractivity contribution in [3.8, 4) is 5.75 Å². The van der Waals surface area contributed by atoms with Gasteiger partial charge in [-0.2, -0.15) is 4.31 Å². The van der Waals surface area contributed by atoms with Crippen molar-refractivity contribution in [1.29, 1.82) is 0 Å². The summed E-state index contributed by atoms with van der Waals surface area (Å²) in [5.41, 5.74) is 6.15. The Hall–Kier alpha value is -1.80. The van der Waals surface area contributed by atoms with Crippen LogP contribution in [-0.4, -0.2) is 51.1 Å². The number of nitrogen functional groups attached to an aromatic ring is 1. The van der Waals surface area contributed by atoms with Crippen LogP contribution in [0.15, 0.2) is 24.3 Å². The molecule has 0 atom stereocenters. The highest BCUT2D eigenvalue weighted by molar-refractivity contribution is 7.89. The molecule has 0 radical (unpaired) electrons. The van der Waals surface area contributed by atoms with E-state index in [9.17, 15) is 13.2 Å². The number of rotatable bonds is 8. The molecule has 1 amide bonds. The minimum absolute atomic E-state index is 0.0270. The zero-order valence-electron chi connectivity index (χ0n) is 12.2. The Morgan fingerprint density at radius 2 is 2.05 bits per heavy atom. The van der Waals surface area contributed by atoms with Crippen LogP contribution in [0.4, 0.5) is 5.69 Å². The third-order valence-corrected chi connectivity index (χ3v) is 4.72. The van der Waals surface area contributed by atoms with Crippen molar-refractivity contribution >= 4 is 21.6 Å². The molecule has 0 spiro atoms. The summed E-state index contributed by atoms with van der Waals surface area (Å²) in [5.74, 6) is -0.123. The summed E-state index contributed by atoms with van der Waals surface area (Å²) in [4.78, 5) is 11.3. The zero-order chi connectivity index (χ0) is 15.9. The van der Waals surface area contributed by atoms with Gasteiger partial charge in [0.15, 0.2) is 0 Å². The summed E-state index contributed by atoms with van der Waals surface area (Å²) in [6.45, 7) is 1.68. The molecule has 1 aromatic rings. The lowest BCUT2D eigenvalue weighted by Gasteiger charge is -2.19. The predicted octanol–water partition coefficient (Wildman–Crippen LogP) is 0.0453. The van der Waals surface area contributed by atoms with Crippen LogP contribution in [0.2, 0.25) is 0 Å². The zero-order valence-corrected chi connectivity index (χ0v) is 13.0. The van der Waals surface area contributed by atoms with Crippen LogP contribution in [0.5, 0.6) is 5.75 Å². The molecule has 0 saturated carbocycles. The molecule has 7 nitrogen and oxygen atoms in total. The van der Waals surface area contributed by atoms with Crippen molar-refractivity contribution in [2.24, 2.45) is 0 Å². The molecular formula is C13H21N3O4S. The molecule has 0 aliphatic heterocycles. The van der Waals surface area contributed by atoms with E-state index in [4.69, 9.17) is 10.5 Å². The summed E-state index contributed by atoms with van der Waals surface area (Å²) in [7, 11) is -2.09. The van der Waals surface area contributed by atoms with Gasteiger partial charge < -0.3 is 15.8 Å². The second-order valence-electron chi connectivity index (χ2n) is 4.30. The highest BCUT2D eigenvalue weighted by Crippen LogP contribution is 2.19. The number of likely N-dealkylation sites (N-methyl/N-ethyl adjacent to an activating group) is 2. The molecule has 8 heteroatoms. The minimum Gasteiger partial charge on any atom is -0.490 e. The molecule has 3 N–H and O–H groups in total. The Morgan fingerprint density at radius 1 is 1.38 bits per heavy atom. The second-order valence-corrected chi connectivity index (χ2v) is 6.39. The molecule has 0 heterocycles. The Bertz CT molecular complexity index is 575. The van der Waals surface area contributed by atoms with E-state index >= 15 is 0 Å². The second kappa shape index (κ2) is 7.84. The Balaban J connectivity index is 2.59. The van der Waals surface area contributed by atoms with E-state index in [0.717, 1.165) is 4.31 Å². The molecule has 118 valence electrons. The van der Waals surface area contributed by atoms with Crippen molar-refractivity contribution in [3.05, 3.63) is 24.3 Å². The monoisotopic (exact) mass is 315 g/mol. The lowest BCUT2D eigenvalue weighted by Crippen LogP contribution is -2.41. The molecule has 0 aliphatic carbocycles.